The molecule has 1 atom stereocenters. The van der Waals surface area contributed by atoms with Gasteiger partial charge in [-0.15, -0.1) is 11.8 Å². The molecule has 1 aromatic carbocycles. The predicted octanol–water partition coefficient (Wildman–Crippen LogP) is 1.88. The number of aliphatic carboxylic acids is 1. The molecule has 0 radical (unpaired) electrons. The molecule has 0 spiro atoms. The summed E-state index contributed by atoms with van der Waals surface area (Å²) in [5.74, 6) is -1.63. The van der Waals surface area contributed by atoms with E-state index in [9.17, 15) is 19.7 Å². The van der Waals surface area contributed by atoms with Gasteiger partial charge in [0.05, 0.1) is 9.82 Å². The van der Waals surface area contributed by atoms with E-state index >= 15 is 0 Å². The first kappa shape index (κ1) is 16.7. The van der Waals surface area contributed by atoms with Gasteiger partial charge in [0.25, 0.3) is 5.69 Å². The second-order valence-corrected chi connectivity index (χ2v) is 6.08. The fourth-order valence-corrected chi connectivity index (χ4v) is 2.84. The van der Waals surface area contributed by atoms with Crippen LogP contribution in [0.15, 0.2) is 23.1 Å². The van der Waals surface area contributed by atoms with Gasteiger partial charge in [0.1, 0.15) is 6.04 Å². The minimum Gasteiger partial charge on any atom is -0.480 e. The van der Waals surface area contributed by atoms with Crippen LogP contribution in [0.5, 0.6) is 0 Å². The van der Waals surface area contributed by atoms with E-state index in [0.717, 1.165) is 15.3 Å². The van der Waals surface area contributed by atoms with E-state index in [2.05, 4.69) is 5.32 Å². The summed E-state index contributed by atoms with van der Waals surface area (Å²) in [6.45, 7) is 1.22. The topological polar surface area (TPSA) is 110 Å². The molecule has 0 aromatic heterocycles. The molecule has 0 saturated heterocycles. The number of hydrogen-bond acceptors (Lipinski definition) is 5. The average Bonchev–Trinajstić information content (AvgIpc) is 2.34. The van der Waals surface area contributed by atoms with Gasteiger partial charge >= 0.3 is 5.97 Å². The van der Waals surface area contributed by atoms with Crippen LogP contribution >= 0.6 is 34.4 Å². The number of carboxylic acid groups (broad SMARTS) is 1. The third-order valence-corrected chi connectivity index (χ3v) is 4.03. The SMILES string of the molecule is CC(=O)NC(CSc1ccc(I)cc1[N+](=O)[O-])C(=O)O. The van der Waals surface area contributed by atoms with Crippen LogP contribution in [0.2, 0.25) is 0 Å². The zero-order valence-electron chi connectivity index (χ0n) is 10.3. The first-order chi connectivity index (χ1) is 9.31. The highest BCUT2D eigenvalue weighted by Gasteiger charge is 2.21. The maximum atomic E-state index is 11.0. The van der Waals surface area contributed by atoms with Gasteiger partial charge in [0.2, 0.25) is 5.91 Å². The molecular formula is C11H11IN2O5S. The smallest absolute Gasteiger partial charge is 0.327 e. The van der Waals surface area contributed by atoms with Crippen molar-refractivity contribution in [2.45, 2.75) is 17.9 Å². The van der Waals surface area contributed by atoms with Crippen LogP contribution in [0.3, 0.4) is 0 Å². The van der Waals surface area contributed by atoms with Crippen molar-refractivity contribution in [3.8, 4) is 0 Å². The fraction of sp³-hybridized carbons (Fsp3) is 0.273. The first-order valence-electron chi connectivity index (χ1n) is 5.38. The van der Waals surface area contributed by atoms with Crippen LogP contribution in [0.1, 0.15) is 6.92 Å². The van der Waals surface area contributed by atoms with Crippen molar-refractivity contribution in [2.24, 2.45) is 0 Å². The van der Waals surface area contributed by atoms with Gasteiger partial charge in [-0.05, 0) is 34.7 Å². The van der Waals surface area contributed by atoms with Crippen molar-refractivity contribution in [1.29, 1.82) is 0 Å². The molecule has 0 aliphatic heterocycles. The third kappa shape index (κ3) is 4.96. The molecule has 7 nitrogen and oxygen atoms in total. The van der Waals surface area contributed by atoms with Crippen LogP contribution in [-0.4, -0.2) is 33.7 Å². The Bertz CT molecular complexity index is 552. The zero-order valence-corrected chi connectivity index (χ0v) is 13.3. The lowest BCUT2D eigenvalue weighted by atomic mass is 10.3. The van der Waals surface area contributed by atoms with E-state index in [4.69, 9.17) is 5.11 Å². The summed E-state index contributed by atoms with van der Waals surface area (Å²) >= 11 is 2.98. The number of amides is 1. The highest BCUT2D eigenvalue weighted by atomic mass is 127. The number of nitro benzene ring substituents is 1. The number of nitro groups is 1. The second-order valence-electron chi connectivity index (χ2n) is 3.77. The Morgan fingerprint density at radius 3 is 2.70 bits per heavy atom. The number of rotatable bonds is 6. The largest absolute Gasteiger partial charge is 0.480 e. The molecule has 0 aliphatic rings. The number of thioether (sulfide) groups is 1. The lowest BCUT2D eigenvalue weighted by molar-refractivity contribution is -0.387. The Balaban J connectivity index is 2.85. The monoisotopic (exact) mass is 410 g/mol. The van der Waals surface area contributed by atoms with Gasteiger partial charge in [0, 0.05) is 22.3 Å². The number of carboxylic acids is 1. The number of nitrogens with one attached hydrogen (secondary N) is 1. The predicted molar refractivity (Wildman–Crippen MR) is 81.8 cm³/mol. The number of nitrogens with zero attached hydrogens (tertiary/aromatic N) is 1. The molecule has 0 bridgehead atoms. The van der Waals surface area contributed by atoms with Gasteiger partial charge < -0.3 is 10.4 Å². The lowest BCUT2D eigenvalue weighted by Gasteiger charge is -2.12. The van der Waals surface area contributed by atoms with Gasteiger partial charge in [-0.2, -0.15) is 0 Å². The highest BCUT2D eigenvalue weighted by Crippen LogP contribution is 2.30. The van der Waals surface area contributed by atoms with Crippen LogP contribution < -0.4 is 5.32 Å². The molecule has 0 fully saturated rings. The number of carbonyl (C=O) groups excluding carboxylic acids is 1. The first-order valence-corrected chi connectivity index (χ1v) is 7.44. The highest BCUT2D eigenvalue weighted by molar-refractivity contribution is 14.1. The normalized spacial score (nSPS) is 11.7. The summed E-state index contributed by atoms with van der Waals surface area (Å²) in [6, 6.07) is 3.59. The van der Waals surface area contributed by atoms with Crippen LogP contribution in [0.4, 0.5) is 5.69 Å². The molecule has 1 unspecified atom stereocenters. The van der Waals surface area contributed by atoms with E-state index < -0.39 is 22.8 Å². The van der Waals surface area contributed by atoms with E-state index in [1.54, 1.807) is 12.1 Å². The minimum atomic E-state index is -1.18. The van der Waals surface area contributed by atoms with Crippen molar-refractivity contribution < 1.29 is 19.6 Å². The number of benzene rings is 1. The molecule has 9 heteroatoms. The zero-order chi connectivity index (χ0) is 15.3. The Morgan fingerprint density at radius 1 is 1.55 bits per heavy atom. The Morgan fingerprint density at radius 2 is 2.20 bits per heavy atom. The van der Waals surface area contributed by atoms with Crippen LogP contribution in [0.25, 0.3) is 0 Å². The van der Waals surface area contributed by atoms with Crippen LogP contribution in [0, 0.1) is 13.7 Å². The molecule has 20 heavy (non-hydrogen) atoms. The molecule has 0 aliphatic carbocycles. The maximum Gasteiger partial charge on any atom is 0.327 e. The summed E-state index contributed by atoms with van der Waals surface area (Å²) in [5, 5.41) is 22.2. The molecule has 1 amide bonds. The van der Waals surface area contributed by atoms with E-state index in [1.165, 1.54) is 13.0 Å². The van der Waals surface area contributed by atoms with Crippen molar-refractivity contribution in [3.05, 3.63) is 31.9 Å². The Hall–Kier alpha value is -1.36. The summed E-state index contributed by atoms with van der Waals surface area (Å²) in [5.41, 5.74) is -0.0751. The Labute approximate surface area is 132 Å². The van der Waals surface area contributed by atoms with Crippen LogP contribution in [-0.2, 0) is 9.59 Å². The van der Waals surface area contributed by atoms with Gasteiger partial charge in [-0.25, -0.2) is 4.79 Å². The molecular weight excluding hydrogens is 399 g/mol. The van der Waals surface area contributed by atoms with Gasteiger partial charge in [-0.3, -0.25) is 14.9 Å². The van der Waals surface area contributed by atoms with E-state index in [0.29, 0.717) is 4.90 Å². The standard InChI is InChI=1S/C11H11IN2O5S/c1-6(15)13-8(11(16)17)5-20-10-3-2-7(12)4-9(10)14(18)19/h2-4,8H,5H2,1H3,(H,13,15)(H,16,17). The molecule has 0 heterocycles. The van der Waals surface area contributed by atoms with E-state index in [1.807, 2.05) is 22.6 Å². The minimum absolute atomic E-state index is 0.0103. The molecule has 0 saturated carbocycles. The quantitative estimate of drug-likeness (QED) is 0.321. The number of carbonyl (C=O) groups is 2. The number of halogens is 1. The van der Waals surface area contributed by atoms with Crippen molar-refractivity contribution >= 4 is 51.9 Å². The summed E-state index contributed by atoms with van der Waals surface area (Å²) in [4.78, 5) is 32.6. The fourth-order valence-electron chi connectivity index (χ4n) is 1.35. The molecule has 1 rings (SSSR count). The lowest BCUT2D eigenvalue weighted by Crippen LogP contribution is -2.41. The summed E-state index contributed by atoms with van der Waals surface area (Å²) in [6.07, 6.45) is 0. The Kier molecular flexibility index (Phi) is 6.20. The van der Waals surface area contributed by atoms with Gasteiger partial charge in [0.15, 0.2) is 0 Å². The maximum absolute atomic E-state index is 11.0. The van der Waals surface area contributed by atoms with Gasteiger partial charge in [-0.1, -0.05) is 0 Å². The number of hydrogen-bond donors (Lipinski definition) is 2. The van der Waals surface area contributed by atoms with Crippen molar-refractivity contribution in [1.82, 2.24) is 5.32 Å². The molecule has 108 valence electrons. The summed E-state index contributed by atoms with van der Waals surface area (Å²) in [7, 11) is 0. The third-order valence-electron chi connectivity index (χ3n) is 2.20. The average molecular weight is 410 g/mol. The molecule has 1 aromatic rings. The van der Waals surface area contributed by atoms with Crippen molar-refractivity contribution in [3.63, 3.8) is 0 Å². The molecule has 2 N–H and O–H groups in total. The second kappa shape index (κ2) is 7.43. The summed E-state index contributed by atoms with van der Waals surface area (Å²) < 4.78 is 0.718. The van der Waals surface area contributed by atoms with E-state index in [-0.39, 0.29) is 11.4 Å². The van der Waals surface area contributed by atoms with Crippen molar-refractivity contribution in [2.75, 3.05) is 5.75 Å².